The normalized spacial score (nSPS) is 40.4. The lowest BCUT2D eigenvalue weighted by Gasteiger charge is -2.57. The number of piperidine rings is 1. The third-order valence-electron chi connectivity index (χ3n) is 5.96. The van der Waals surface area contributed by atoms with Gasteiger partial charge in [-0.25, -0.2) is 0 Å². The Morgan fingerprint density at radius 1 is 1.32 bits per heavy atom. The second kappa shape index (κ2) is 4.07. The molecule has 0 radical (unpaired) electrons. The summed E-state index contributed by atoms with van der Waals surface area (Å²) in [5, 5.41) is 14.2. The number of aliphatic hydroxyl groups excluding tert-OH is 1. The first kappa shape index (κ1) is 11.9. The maximum atomic E-state index is 10.6. The first-order valence-electron chi connectivity index (χ1n) is 7.73. The van der Waals surface area contributed by atoms with Gasteiger partial charge >= 0.3 is 0 Å². The van der Waals surface area contributed by atoms with Crippen LogP contribution in [0.4, 0.5) is 0 Å². The number of aliphatic hydroxyl groups is 1. The van der Waals surface area contributed by atoms with Crippen molar-refractivity contribution in [1.82, 2.24) is 5.32 Å². The second-order valence-corrected chi connectivity index (χ2v) is 6.76. The molecule has 1 aromatic rings. The molecule has 1 aromatic carbocycles. The molecule has 102 valence electrons. The number of hydrogen-bond donors (Lipinski definition) is 2. The van der Waals surface area contributed by atoms with E-state index in [1.807, 2.05) is 0 Å². The van der Waals surface area contributed by atoms with Crippen molar-refractivity contribution in [2.45, 2.75) is 56.6 Å². The number of benzene rings is 1. The SMILES string of the molecule is Cc1cccc2c1CC1NCCC23CCCC(O)C13. The van der Waals surface area contributed by atoms with Gasteiger partial charge in [-0.15, -0.1) is 0 Å². The van der Waals surface area contributed by atoms with Crippen LogP contribution in [-0.2, 0) is 11.8 Å². The Bertz CT molecular complexity index is 508. The molecule has 0 aromatic heterocycles. The van der Waals surface area contributed by atoms with E-state index < -0.39 is 0 Å². The predicted molar refractivity (Wildman–Crippen MR) is 76.3 cm³/mol. The molecule has 2 fully saturated rings. The fraction of sp³-hybridized carbons (Fsp3) is 0.647. The van der Waals surface area contributed by atoms with Gasteiger partial charge < -0.3 is 10.4 Å². The van der Waals surface area contributed by atoms with E-state index >= 15 is 0 Å². The smallest absolute Gasteiger partial charge is 0.0592 e. The molecule has 0 amide bonds. The van der Waals surface area contributed by atoms with E-state index in [1.54, 1.807) is 11.1 Å². The summed E-state index contributed by atoms with van der Waals surface area (Å²) in [4.78, 5) is 0. The molecule has 1 saturated heterocycles. The zero-order valence-electron chi connectivity index (χ0n) is 11.7. The first-order valence-corrected chi connectivity index (χ1v) is 7.73. The van der Waals surface area contributed by atoms with Crippen LogP contribution in [0.2, 0.25) is 0 Å². The van der Waals surface area contributed by atoms with Gasteiger partial charge in [-0.1, -0.05) is 18.2 Å². The van der Waals surface area contributed by atoms with Crippen LogP contribution in [0.1, 0.15) is 42.4 Å². The van der Waals surface area contributed by atoms with Crippen LogP contribution in [0, 0.1) is 12.8 Å². The van der Waals surface area contributed by atoms with E-state index in [-0.39, 0.29) is 11.5 Å². The lowest BCUT2D eigenvalue weighted by atomic mass is 9.51. The van der Waals surface area contributed by atoms with Crippen LogP contribution in [0.5, 0.6) is 0 Å². The average molecular weight is 257 g/mol. The zero-order chi connectivity index (χ0) is 13.0. The summed E-state index contributed by atoms with van der Waals surface area (Å²) in [5.41, 5.74) is 4.82. The highest BCUT2D eigenvalue weighted by atomic mass is 16.3. The van der Waals surface area contributed by atoms with Gasteiger partial charge in [0.2, 0.25) is 0 Å². The Morgan fingerprint density at radius 3 is 3.11 bits per heavy atom. The molecule has 1 saturated carbocycles. The number of nitrogens with one attached hydrogen (secondary N) is 1. The first-order chi connectivity index (χ1) is 9.22. The van der Waals surface area contributed by atoms with E-state index in [0.29, 0.717) is 12.0 Å². The molecule has 2 heteroatoms. The van der Waals surface area contributed by atoms with Gasteiger partial charge in [0.1, 0.15) is 0 Å². The van der Waals surface area contributed by atoms with Gasteiger partial charge in [0, 0.05) is 17.4 Å². The van der Waals surface area contributed by atoms with Crippen LogP contribution < -0.4 is 5.32 Å². The zero-order valence-corrected chi connectivity index (χ0v) is 11.7. The van der Waals surface area contributed by atoms with Crippen molar-refractivity contribution in [2.24, 2.45) is 5.92 Å². The molecule has 2 bridgehead atoms. The topological polar surface area (TPSA) is 32.3 Å². The van der Waals surface area contributed by atoms with Crippen molar-refractivity contribution >= 4 is 0 Å². The summed E-state index contributed by atoms with van der Waals surface area (Å²) in [5.74, 6) is 0.435. The molecule has 1 aliphatic heterocycles. The van der Waals surface area contributed by atoms with E-state index in [0.717, 1.165) is 19.4 Å². The van der Waals surface area contributed by atoms with Gasteiger partial charge in [-0.05, 0) is 62.3 Å². The minimum atomic E-state index is -0.111. The fourth-order valence-corrected chi connectivity index (χ4v) is 5.20. The maximum Gasteiger partial charge on any atom is 0.0592 e. The second-order valence-electron chi connectivity index (χ2n) is 6.76. The largest absolute Gasteiger partial charge is 0.393 e. The number of rotatable bonds is 0. The van der Waals surface area contributed by atoms with Gasteiger partial charge in [0.25, 0.3) is 0 Å². The van der Waals surface area contributed by atoms with Gasteiger partial charge in [-0.2, -0.15) is 0 Å². The van der Waals surface area contributed by atoms with E-state index in [1.165, 1.54) is 24.8 Å². The third kappa shape index (κ3) is 1.50. The Kier molecular flexibility index (Phi) is 2.55. The standard InChI is InChI=1S/C17H23NO/c1-11-4-2-5-13-12(11)10-14-16-15(19)6-3-7-17(13,16)8-9-18-14/h2,4-5,14-16,18-19H,3,6-10H2,1H3. The van der Waals surface area contributed by atoms with Gasteiger partial charge in [-0.3, -0.25) is 0 Å². The molecule has 4 atom stereocenters. The summed E-state index contributed by atoms with van der Waals surface area (Å²) in [6, 6.07) is 7.28. The van der Waals surface area contributed by atoms with Crippen molar-refractivity contribution in [1.29, 1.82) is 0 Å². The minimum absolute atomic E-state index is 0.111. The van der Waals surface area contributed by atoms with Crippen LogP contribution in [-0.4, -0.2) is 23.8 Å². The van der Waals surface area contributed by atoms with Crippen molar-refractivity contribution in [3.05, 3.63) is 34.9 Å². The Labute approximate surface area is 115 Å². The highest BCUT2D eigenvalue weighted by Crippen LogP contribution is 2.54. The summed E-state index contributed by atoms with van der Waals surface area (Å²) in [6.45, 7) is 3.35. The summed E-state index contributed by atoms with van der Waals surface area (Å²) in [7, 11) is 0. The molecule has 2 N–H and O–H groups in total. The molecule has 3 aliphatic rings. The van der Waals surface area contributed by atoms with Crippen LogP contribution in [0.3, 0.4) is 0 Å². The maximum absolute atomic E-state index is 10.6. The summed E-state index contributed by atoms with van der Waals surface area (Å²) in [6.07, 6.45) is 5.63. The average Bonchev–Trinajstić information content (AvgIpc) is 2.40. The predicted octanol–water partition coefficient (Wildman–Crippen LogP) is 2.31. The monoisotopic (exact) mass is 257 g/mol. The lowest BCUT2D eigenvalue weighted by molar-refractivity contribution is -0.0343. The quantitative estimate of drug-likeness (QED) is 0.747. The highest BCUT2D eigenvalue weighted by molar-refractivity contribution is 5.45. The van der Waals surface area contributed by atoms with Gasteiger partial charge in [0.15, 0.2) is 0 Å². The summed E-state index contributed by atoms with van der Waals surface area (Å²) < 4.78 is 0. The Morgan fingerprint density at radius 2 is 2.21 bits per heavy atom. The minimum Gasteiger partial charge on any atom is -0.393 e. The number of hydrogen-bond acceptors (Lipinski definition) is 2. The van der Waals surface area contributed by atoms with E-state index in [2.05, 4.69) is 30.4 Å². The van der Waals surface area contributed by atoms with E-state index in [9.17, 15) is 5.11 Å². The molecule has 4 rings (SSSR count). The molecular weight excluding hydrogens is 234 g/mol. The van der Waals surface area contributed by atoms with Crippen molar-refractivity contribution in [3.63, 3.8) is 0 Å². The molecule has 19 heavy (non-hydrogen) atoms. The third-order valence-corrected chi connectivity index (χ3v) is 5.96. The van der Waals surface area contributed by atoms with Gasteiger partial charge in [0.05, 0.1) is 6.10 Å². The van der Waals surface area contributed by atoms with Crippen LogP contribution in [0.15, 0.2) is 18.2 Å². The number of fused-ring (bicyclic) bond motifs is 1. The Hall–Kier alpha value is -0.860. The van der Waals surface area contributed by atoms with Crippen LogP contribution in [0.25, 0.3) is 0 Å². The summed E-state index contributed by atoms with van der Waals surface area (Å²) >= 11 is 0. The molecule has 0 spiro atoms. The number of aryl methyl sites for hydroxylation is 1. The molecule has 2 aliphatic carbocycles. The van der Waals surface area contributed by atoms with Crippen molar-refractivity contribution < 1.29 is 5.11 Å². The molecular formula is C17H23NO. The molecule has 1 heterocycles. The fourth-order valence-electron chi connectivity index (χ4n) is 5.20. The molecule has 2 nitrogen and oxygen atoms in total. The Balaban J connectivity index is 1.93. The van der Waals surface area contributed by atoms with Crippen molar-refractivity contribution in [2.75, 3.05) is 6.54 Å². The molecule has 4 unspecified atom stereocenters. The lowest BCUT2D eigenvalue weighted by Crippen LogP contribution is -2.63. The van der Waals surface area contributed by atoms with Crippen molar-refractivity contribution in [3.8, 4) is 0 Å². The van der Waals surface area contributed by atoms with E-state index in [4.69, 9.17) is 0 Å². The highest BCUT2D eigenvalue weighted by Gasteiger charge is 2.54. The van der Waals surface area contributed by atoms with Crippen LogP contribution >= 0.6 is 0 Å².